The number of carboxylic acids is 1. The van der Waals surface area contributed by atoms with Crippen molar-refractivity contribution in [3.63, 3.8) is 0 Å². The van der Waals surface area contributed by atoms with Crippen molar-refractivity contribution < 1.29 is 24.9 Å². The Labute approximate surface area is 86.5 Å². The summed E-state index contributed by atoms with van der Waals surface area (Å²) < 4.78 is 5.08. The SMILES string of the molecule is O=C(O)c1cccc(OCC(O)CO)c1. The number of carbonyl (C=O) groups is 1. The van der Waals surface area contributed by atoms with Crippen LogP contribution >= 0.6 is 0 Å². The number of hydrogen-bond donors (Lipinski definition) is 3. The molecule has 1 aromatic carbocycles. The number of rotatable bonds is 5. The largest absolute Gasteiger partial charge is 0.491 e. The number of aliphatic hydroxyl groups is 2. The quantitative estimate of drug-likeness (QED) is 0.645. The predicted octanol–water partition coefficient (Wildman–Crippen LogP) is 0.117. The third-order valence-corrected chi connectivity index (χ3v) is 1.73. The maximum atomic E-state index is 10.6. The summed E-state index contributed by atoms with van der Waals surface area (Å²) in [6.07, 6.45) is -0.960. The molecule has 5 nitrogen and oxygen atoms in total. The molecule has 82 valence electrons. The fourth-order valence-electron chi connectivity index (χ4n) is 0.964. The predicted molar refractivity (Wildman–Crippen MR) is 52.0 cm³/mol. The first kappa shape index (κ1) is 11.5. The van der Waals surface area contributed by atoms with Crippen LogP contribution in [0.5, 0.6) is 5.75 Å². The standard InChI is InChI=1S/C10H12O5/c11-5-8(12)6-15-9-3-1-2-7(4-9)10(13)14/h1-4,8,11-12H,5-6H2,(H,13,14). The molecule has 0 aliphatic carbocycles. The van der Waals surface area contributed by atoms with Crippen molar-refractivity contribution in [3.8, 4) is 5.75 Å². The molecule has 0 heterocycles. The molecular formula is C10H12O5. The van der Waals surface area contributed by atoms with Gasteiger partial charge in [0.2, 0.25) is 0 Å². The van der Waals surface area contributed by atoms with Gasteiger partial charge in [0.25, 0.3) is 0 Å². The molecule has 3 N–H and O–H groups in total. The van der Waals surface area contributed by atoms with Crippen molar-refractivity contribution in [2.24, 2.45) is 0 Å². The van der Waals surface area contributed by atoms with Crippen molar-refractivity contribution in [2.45, 2.75) is 6.10 Å². The van der Waals surface area contributed by atoms with Gasteiger partial charge < -0.3 is 20.1 Å². The van der Waals surface area contributed by atoms with Crippen LogP contribution in [0.15, 0.2) is 24.3 Å². The molecule has 1 rings (SSSR count). The second-order valence-corrected chi connectivity index (χ2v) is 2.98. The minimum Gasteiger partial charge on any atom is -0.491 e. The van der Waals surface area contributed by atoms with Crippen LogP contribution in [-0.2, 0) is 0 Å². The van der Waals surface area contributed by atoms with E-state index in [9.17, 15) is 4.79 Å². The van der Waals surface area contributed by atoms with E-state index in [4.69, 9.17) is 20.1 Å². The molecule has 1 aromatic rings. The van der Waals surface area contributed by atoms with E-state index in [0.717, 1.165) is 0 Å². The van der Waals surface area contributed by atoms with Crippen molar-refractivity contribution in [2.75, 3.05) is 13.2 Å². The van der Waals surface area contributed by atoms with E-state index in [2.05, 4.69) is 0 Å². The van der Waals surface area contributed by atoms with E-state index in [-0.39, 0.29) is 12.2 Å². The molecule has 0 bridgehead atoms. The minimum atomic E-state index is -1.04. The Bertz CT molecular complexity index is 336. The first-order valence-electron chi connectivity index (χ1n) is 4.38. The van der Waals surface area contributed by atoms with Gasteiger partial charge in [-0.25, -0.2) is 4.79 Å². The summed E-state index contributed by atoms with van der Waals surface area (Å²) >= 11 is 0. The van der Waals surface area contributed by atoms with Crippen LogP contribution in [0.25, 0.3) is 0 Å². The Kier molecular flexibility index (Phi) is 4.08. The van der Waals surface area contributed by atoms with E-state index < -0.39 is 18.7 Å². The summed E-state index contributed by atoms with van der Waals surface area (Å²) in [5.74, 6) is -0.689. The zero-order valence-corrected chi connectivity index (χ0v) is 7.96. The Hall–Kier alpha value is -1.59. The van der Waals surface area contributed by atoms with Gasteiger partial charge in [0.1, 0.15) is 18.5 Å². The van der Waals surface area contributed by atoms with Gasteiger partial charge in [-0.3, -0.25) is 0 Å². The van der Waals surface area contributed by atoms with Gasteiger partial charge in [-0.05, 0) is 18.2 Å². The van der Waals surface area contributed by atoms with Gasteiger partial charge in [0.15, 0.2) is 0 Å². The monoisotopic (exact) mass is 212 g/mol. The summed E-state index contributed by atoms with van der Waals surface area (Å²) in [7, 11) is 0. The lowest BCUT2D eigenvalue weighted by molar-refractivity contribution is 0.0535. The molecule has 1 unspecified atom stereocenters. The van der Waals surface area contributed by atoms with Crippen molar-refractivity contribution in [1.82, 2.24) is 0 Å². The number of benzene rings is 1. The molecule has 0 fully saturated rings. The van der Waals surface area contributed by atoms with Crippen LogP contribution in [0.2, 0.25) is 0 Å². The van der Waals surface area contributed by atoms with Gasteiger partial charge in [-0.1, -0.05) is 6.07 Å². The second-order valence-electron chi connectivity index (χ2n) is 2.98. The highest BCUT2D eigenvalue weighted by Crippen LogP contribution is 2.13. The lowest BCUT2D eigenvalue weighted by Gasteiger charge is -2.09. The Morgan fingerprint density at radius 2 is 2.20 bits per heavy atom. The third-order valence-electron chi connectivity index (χ3n) is 1.73. The van der Waals surface area contributed by atoms with Crippen molar-refractivity contribution in [3.05, 3.63) is 29.8 Å². The van der Waals surface area contributed by atoms with Crippen LogP contribution in [0, 0.1) is 0 Å². The number of hydrogen-bond acceptors (Lipinski definition) is 4. The molecule has 0 aromatic heterocycles. The molecule has 0 saturated heterocycles. The first-order valence-corrected chi connectivity index (χ1v) is 4.38. The maximum Gasteiger partial charge on any atom is 0.335 e. The molecule has 1 atom stereocenters. The lowest BCUT2D eigenvalue weighted by Crippen LogP contribution is -2.21. The smallest absolute Gasteiger partial charge is 0.335 e. The third kappa shape index (κ3) is 3.57. The second kappa shape index (κ2) is 5.33. The molecule has 0 aliphatic heterocycles. The van der Waals surface area contributed by atoms with Crippen molar-refractivity contribution >= 4 is 5.97 Å². The van der Waals surface area contributed by atoms with E-state index >= 15 is 0 Å². The maximum absolute atomic E-state index is 10.6. The van der Waals surface area contributed by atoms with E-state index in [0.29, 0.717) is 5.75 Å². The average molecular weight is 212 g/mol. The molecule has 0 spiro atoms. The van der Waals surface area contributed by atoms with Crippen LogP contribution in [0.4, 0.5) is 0 Å². The van der Waals surface area contributed by atoms with Gasteiger partial charge in [0.05, 0.1) is 12.2 Å². The fraction of sp³-hybridized carbons (Fsp3) is 0.300. The van der Waals surface area contributed by atoms with Crippen LogP contribution < -0.4 is 4.74 Å². The summed E-state index contributed by atoms with van der Waals surface area (Å²) in [6, 6.07) is 5.92. The summed E-state index contributed by atoms with van der Waals surface area (Å²) in [6.45, 7) is -0.460. The topological polar surface area (TPSA) is 87.0 Å². The van der Waals surface area contributed by atoms with Gasteiger partial charge in [-0.2, -0.15) is 0 Å². The number of carboxylic acid groups (broad SMARTS) is 1. The highest BCUT2D eigenvalue weighted by Gasteiger charge is 2.06. The molecule has 0 radical (unpaired) electrons. The molecular weight excluding hydrogens is 200 g/mol. The Morgan fingerprint density at radius 3 is 2.80 bits per heavy atom. The highest BCUT2D eigenvalue weighted by molar-refractivity contribution is 5.87. The Balaban J connectivity index is 2.62. The van der Waals surface area contributed by atoms with Gasteiger partial charge in [0, 0.05) is 0 Å². The zero-order chi connectivity index (χ0) is 11.3. The summed E-state index contributed by atoms with van der Waals surface area (Å²) in [5.41, 5.74) is 0.117. The number of aliphatic hydroxyl groups excluding tert-OH is 2. The van der Waals surface area contributed by atoms with Gasteiger partial charge >= 0.3 is 5.97 Å². The van der Waals surface area contributed by atoms with Crippen LogP contribution in [0.1, 0.15) is 10.4 Å². The highest BCUT2D eigenvalue weighted by atomic mass is 16.5. The number of aromatic carboxylic acids is 1. The fourth-order valence-corrected chi connectivity index (χ4v) is 0.964. The molecule has 0 saturated carbocycles. The molecule has 0 amide bonds. The number of ether oxygens (including phenoxy) is 1. The first-order chi connectivity index (χ1) is 7.13. The van der Waals surface area contributed by atoms with Crippen LogP contribution in [-0.4, -0.2) is 40.6 Å². The average Bonchev–Trinajstić information content (AvgIpc) is 2.26. The lowest BCUT2D eigenvalue weighted by atomic mass is 10.2. The van der Waals surface area contributed by atoms with Crippen molar-refractivity contribution in [1.29, 1.82) is 0 Å². The normalized spacial score (nSPS) is 12.1. The zero-order valence-electron chi connectivity index (χ0n) is 7.96. The Morgan fingerprint density at radius 1 is 1.47 bits per heavy atom. The van der Waals surface area contributed by atoms with Crippen LogP contribution in [0.3, 0.4) is 0 Å². The minimum absolute atomic E-state index is 0.0699. The summed E-state index contributed by atoms with van der Waals surface area (Å²) in [4.78, 5) is 10.6. The molecule has 15 heavy (non-hydrogen) atoms. The summed E-state index contributed by atoms with van der Waals surface area (Å²) in [5, 5.41) is 26.2. The van der Waals surface area contributed by atoms with E-state index in [1.807, 2.05) is 0 Å². The van der Waals surface area contributed by atoms with Gasteiger partial charge in [-0.15, -0.1) is 0 Å². The molecule has 0 aliphatic rings. The van der Waals surface area contributed by atoms with E-state index in [1.54, 1.807) is 12.1 Å². The molecule has 5 heteroatoms. The van der Waals surface area contributed by atoms with E-state index in [1.165, 1.54) is 12.1 Å².